The van der Waals surface area contributed by atoms with Crippen molar-refractivity contribution >= 4 is 82.1 Å². The van der Waals surface area contributed by atoms with Crippen LogP contribution in [-0.4, -0.2) is 182 Å². The highest BCUT2D eigenvalue weighted by Crippen LogP contribution is 2.13. The molecule has 0 spiro atoms. The van der Waals surface area contributed by atoms with E-state index in [-0.39, 0.29) is 116 Å². The lowest BCUT2D eigenvalue weighted by Gasteiger charge is -2.20. The fourth-order valence-electron chi connectivity index (χ4n) is 6.72. The summed E-state index contributed by atoms with van der Waals surface area (Å²) in [5, 5.41) is 52.6. The van der Waals surface area contributed by atoms with E-state index in [2.05, 4.69) is 41.2 Å². The molecule has 14 N–H and O–H groups in total. The number of carboxylic acid groups (broad SMARTS) is 3. The third-order valence-electron chi connectivity index (χ3n) is 10.8. The number of aliphatic hydroxyl groups is 1. The lowest BCUT2D eigenvalue weighted by Crippen LogP contribution is -2.69. The van der Waals surface area contributed by atoms with Crippen LogP contribution in [0.25, 0.3) is 0 Å². The van der Waals surface area contributed by atoms with Crippen LogP contribution in [0.5, 0.6) is 0 Å². The lowest BCUT2D eigenvalue weighted by molar-refractivity contribution is -0.310. The van der Waals surface area contributed by atoms with Crippen molar-refractivity contribution in [3.63, 3.8) is 0 Å². The molecule has 0 fully saturated rings. The fourth-order valence-corrected chi connectivity index (χ4v) is 7.31. The number of hydrogen-bond acceptors (Lipinski definition) is 16. The molecule has 26 nitrogen and oxygen atoms in total. The lowest BCUT2D eigenvalue weighted by atomic mass is 10.0. The summed E-state index contributed by atoms with van der Waals surface area (Å²) < 4.78 is 24.1. The predicted molar refractivity (Wildman–Crippen MR) is 269 cm³/mol. The third kappa shape index (κ3) is 40.4. The van der Waals surface area contributed by atoms with Crippen LogP contribution in [0.4, 0.5) is 0 Å². The van der Waals surface area contributed by atoms with Gasteiger partial charge in [0.1, 0.15) is 25.3 Å². The zero-order valence-electron chi connectivity index (χ0n) is 42.2. The summed E-state index contributed by atoms with van der Waals surface area (Å²) in [6.45, 7) is 2.52. The summed E-state index contributed by atoms with van der Waals surface area (Å²) in [5.41, 5.74) is 3.25. The summed E-state index contributed by atoms with van der Waals surface area (Å²) in [5.74, 6) is -6.90. The van der Waals surface area contributed by atoms with Crippen molar-refractivity contribution in [1.29, 1.82) is 0 Å². The van der Waals surface area contributed by atoms with E-state index in [9.17, 15) is 63.3 Å². The number of unbranched alkanes of at least 4 members (excludes halogenated alkanes) is 10. The van der Waals surface area contributed by atoms with Gasteiger partial charge in [-0.3, -0.25) is 39.3 Å². The highest BCUT2D eigenvalue weighted by molar-refractivity contribution is 14.1. The average Bonchev–Trinajstić information content (AvgIpc) is 3.33. The monoisotopic (exact) mass is 1160 g/mol. The van der Waals surface area contributed by atoms with Gasteiger partial charge < -0.3 is 71.3 Å². The maximum Gasteiger partial charge on any atom is 0.333 e. The van der Waals surface area contributed by atoms with Gasteiger partial charge in [0.2, 0.25) is 35.4 Å². The highest BCUT2D eigenvalue weighted by atomic mass is 127. The van der Waals surface area contributed by atoms with Crippen molar-refractivity contribution in [2.24, 2.45) is 0 Å². The molecule has 7 amide bonds. The number of aliphatic hydroxyl groups excluding tert-OH is 1. The van der Waals surface area contributed by atoms with Gasteiger partial charge in [-0.25, -0.2) is 17.9 Å². The zero-order valence-corrected chi connectivity index (χ0v) is 44.3. The molecule has 0 aromatic carbocycles. The first-order chi connectivity index (χ1) is 34.9. The van der Waals surface area contributed by atoms with Crippen LogP contribution >= 0.6 is 22.9 Å². The Morgan fingerprint density at radius 3 is 1.34 bits per heavy atom. The minimum atomic E-state index is -1.41. The Morgan fingerprint density at radius 1 is 0.466 bits per heavy atom. The molecule has 420 valence electrons. The van der Waals surface area contributed by atoms with Crippen LogP contribution in [0.2, 0.25) is 0 Å². The van der Waals surface area contributed by atoms with Gasteiger partial charge in [-0.05, 0) is 51.9 Å². The summed E-state index contributed by atoms with van der Waals surface area (Å²) in [6.07, 6.45) is 8.89. The van der Waals surface area contributed by atoms with E-state index in [4.69, 9.17) is 24.1 Å². The molecule has 0 aromatic heterocycles. The molecule has 0 saturated carbocycles. The molecule has 0 aliphatic rings. The van der Waals surface area contributed by atoms with E-state index in [0.717, 1.165) is 51.4 Å². The SMILES string of the molecule is CC(O)C(NC(=O)C(CCCCNC(=O)COCCOCCNC(=O)COCCOCCNC(=O)CCC(NC(=O)CCC(NC(=O)CCCCCCCCCCCCC(=O)O)C(=O)O)C(=O)O)NI)C([NH3+])=O. The summed E-state index contributed by atoms with van der Waals surface area (Å²) in [4.78, 5) is 119. The minimum absolute atomic E-state index is 0.0915. The van der Waals surface area contributed by atoms with Crippen LogP contribution in [0.1, 0.15) is 129 Å². The van der Waals surface area contributed by atoms with Crippen LogP contribution in [0.3, 0.4) is 0 Å². The summed E-state index contributed by atoms with van der Waals surface area (Å²) in [6, 6.07) is -4.44. The van der Waals surface area contributed by atoms with E-state index in [0.29, 0.717) is 38.6 Å². The predicted octanol–water partition coefficient (Wildman–Crippen LogP) is -1.02. The van der Waals surface area contributed by atoms with Crippen molar-refractivity contribution in [3.05, 3.63) is 0 Å². The van der Waals surface area contributed by atoms with E-state index in [1.54, 1.807) is 0 Å². The Morgan fingerprint density at radius 2 is 0.890 bits per heavy atom. The van der Waals surface area contributed by atoms with E-state index in [1.807, 2.05) is 22.9 Å². The van der Waals surface area contributed by atoms with Gasteiger partial charge in [-0.1, -0.05) is 51.4 Å². The summed E-state index contributed by atoms with van der Waals surface area (Å²) in [7, 11) is 0. The van der Waals surface area contributed by atoms with Crippen LogP contribution in [0, 0.1) is 0 Å². The van der Waals surface area contributed by atoms with Gasteiger partial charge in [0.25, 0.3) is 0 Å². The summed E-state index contributed by atoms with van der Waals surface area (Å²) >= 11 is 1.84. The first kappa shape index (κ1) is 68.4. The molecule has 0 rings (SSSR count). The van der Waals surface area contributed by atoms with Crippen molar-refractivity contribution in [2.75, 3.05) is 72.5 Å². The molecule has 0 aromatic rings. The maximum absolute atomic E-state index is 12.5. The number of rotatable bonds is 49. The van der Waals surface area contributed by atoms with Crippen molar-refractivity contribution in [2.45, 2.75) is 159 Å². The molecule has 0 saturated heterocycles. The number of halogens is 1. The van der Waals surface area contributed by atoms with Gasteiger partial charge in [-0.15, -0.1) is 0 Å². The van der Waals surface area contributed by atoms with Gasteiger partial charge in [0.05, 0.1) is 51.8 Å². The first-order valence-corrected chi connectivity index (χ1v) is 26.0. The molecular weight excluding hydrogens is 1080 g/mol. The average molecular weight is 1160 g/mol. The third-order valence-corrected chi connectivity index (χ3v) is 11.5. The fraction of sp³-hybridized carbons (Fsp3) is 0.783. The second-order valence-electron chi connectivity index (χ2n) is 17.2. The number of nitrogens with one attached hydrogen (secondary N) is 7. The molecule has 5 unspecified atom stereocenters. The molecule has 27 heteroatoms. The minimum Gasteiger partial charge on any atom is -0.481 e. The van der Waals surface area contributed by atoms with Crippen LogP contribution in [0.15, 0.2) is 0 Å². The Balaban J connectivity index is 3.97. The molecular formula is C46H82IN8O18+. The van der Waals surface area contributed by atoms with E-state index in [1.165, 1.54) is 6.92 Å². The Labute approximate surface area is 440 Å². The van der Waals surface area contributed by atoms with Gasteiger partial charge in [-0.2, -0.15) is 0 Å². The molecule has 0 heterocycles. The highest BCUT2D eigenvalue weighted by Gasteiger charge is 2.29. The number of aliphatic carboxylic acids is 3. The number of hydrogen-bond donors (Lipinski definition) is 12. The standard InChI is InChI=1S/C46H81IN8O18/c1-32(56)42(43(48)64)54-44(65)33(55-47)14-12-13-21-49-39(60)30-72-28-27-71-25-23-51-40(61)31-73-29-26-70-24-22-50-36(57)19-17-34(45(66)67)53-38(59)20-18-35(46(68)69)52-37(58)15-10-8-6-4-2-3-5-7-9-11-16-41(62)63/h32-35,42,55-56H,2-31H2,1H3,(H2,48,64)(H,49,60)(H,50,57)(H,51,61)(H,52,58)(H,53,59)(H,54,65)(H,62,63)(H,66,67)(H,68,69)/p+1. The second-order valence-corrected chi connectivity index (χ2v) is 17.8. The largest absolute Gasteiger partial charge is 0.481 e. The topological polar surface area (TPSA) is 400 Å². The number of carbonyl (C=O) groups is 10. The van der Waals surface area contributed by atoms with Crippen molar-refractivity contribution in [3.8, 4) is 0 Å². The van der Waals surface area contributed by atoms with Gasteiger partial charge in [0.15, 0.2) is 6.04 Å². The molecule has 0 bridgehead atoms. The quantitative estimate of drug-likeness (QED) is 0.0197. The number of quaternary nitrogens is 1. The van der Waals surface area contributed by atoms with E-state index >= 15 is 0 Å². The Kier molecular flexibility index (Phi) is 41.9. The number of ether oxygens (including phenoxy) is 4. The second kappa shape index (κ2) is 44.8. The Bertz CT molecular complexity index is 1650. The first-order valence-electron chi connectivity index (χ1n) is 24.9. The van der Waals surface area contributed by atoms with Gasteiger partial charge >= 0.3 is 23.8 Å². The number of amides is 7. The smallest absolute Gasteiger partial charge is 0.333 e. The molecule has 0 aliphatic carbocycles. The van der Waals surface area contributed by atoms with Gasteiger partial charge in [0, 0.05) is 68.2 Å². The normalized spacial score (nSPS) is 13.1. The maximum atomic E-state index is 12.5. The Hall–Kier alpha value is -4.65. The molecule has 73 heavy (non-hydrogen) atoms. The van der Waals surface area contributed by atoms with E-state index < -0.39 is 77.7 Å². The number of carboxylic acids is 3. The molecule has 0 aliphatic heterocycles. The van der Waals surface area contributed by atoms with Crippen molar-refractivity contribution < 1.29 is 93.1 Å². The van der Waals surface area contributed by atoms with Crippen molar-refractivity contribution in [1.82, 2.24) is 35.4 Å². The van der Waals surface area contributed by atoms with Crippen LogP contribution < -0.4 is 41.2 Å². The molecule has 0 radical (unpaired) electrons. The number of carbonyl (C=O) groups excluding carboxylic acids is 7. The molecule has 5 atom stereocenters. The van der Waals surface area contributed by atoms with Crippen LogP contribution in [-0.2, 0) is 66.9 Å². The zero-order chi connectivity index (χ0) is 54.7.